The first-order valence-electron chi connectivity index (χ1n) is 10.4. The van der Waals surface area contributed by atoms with E-state index in [1.807, 2.05) is 119 Å². The van der Waals surface area contributed by atoms with E-state index in [4.69, 9.17) is 11.3 Å². The Morgan fingerprint density at radius 1 is 0.774 bits per heavy atom. The predicted octanol–water partition coefficient (Wildman–Crippen LogP) is 7.96. The summed E-state index contributed by atoms with van der Waals surface area (Å²) >= 11 is 0. The zero-order chi connectivity index (χ0) is 22.9. The van der Waals surface area contributed by atoms with Crippen molar-refractivity contribution in [3.8, 4) is 6.07 Å². The molecule has 0 fully saturated rings. The number of nitrogens with zero attached hydrogens (tertiary/aromatic N) is 2. The lowest BCUT2D eigenvalue weighted by molar-refractivity contribution is 0.332. The van der Waals surface area contributed by atoms with Crippen LogP contribution >= 0.6 is 0 Å². The van der Waals surface area contributed by atoms with Crippen LogP contribution < -0.4 is 0 Å². The largest absolute Gasteiger partial charge is 0.457 e. The minimum absolute atomic E-state index is 0.0366. The topological polar surface area (TPSA) is 37.4 Å². The predicted molar refractivity (Wildman–Crippen MR) is 130 cm³/mol. The fourth-order valence-electron chi connectivity index (χ4n) is 2.48. The zero-order valence-corrected chi connectivity index (χ0v) is 18.5. The molecule has 0 N–H and O–H groups in total. The van der Waals surface area contributed by atoms with Gasteiger partial charge in [-0.25, -0.2) is 10.1 Å². The maximum absolute atomic E-state index is 9.21. The third kappa shape index (κ3) is 8.44. The average molecular weight is 409 g/mol. The minimum atomic E-state index is 0.0366. The van der Waals surface area contributed by atoms with Crippen LogP contribution in [0.3, 0.4) is 0 Å². The molecule has 2 aromatic carbocycles. The molecule has 0 saturated carbocycles. The smallest absolute Gasteiger partial charge is 0.269 e. The molecule has 0 radical (unpaired) electrons. The molecule has 1 aliphatic rings. The summed E-state index contributed by atoms with van der Waals surface area (Å²) in [6.07, 6.45) is 10.9. The van der Waals surface area contributed by atoms with Gasteiger partial charge in [-0.15, -0.1) is 0 Å². The van der Waals surface area contributed by atoms with Crippen LogP contribution in [0.25, 0.3) is 17.0 Å². The van der Waals surface area contributed by atoms with Crippen molar-refractivity contribution in [3.05, 3.63) is 130 Å². The number of allylic oxidation sites excluding steroid dienone is 6. The lowest BCUT2D eigenvalue weighted by Crippen LogP contribution is -1.98. The number of benzene rings is 2. The van der Waals surface area contributed by atoms with E-state index >= 15 is 0 Å². The van der Waals surface area contributed by atoms with Crippen molar-refractivity contribution in [2.24, 2.45) is 0 Å². The van der Waals surface area contributed by atoms with Crippen LogP contribution in [0.2, 0.25) is 0 Å². The summed E-state index contributed by atoms with van der Waals surface area (Å²) in [4.78, 5) is 3.31. The Morgan fingerprint density at radius 2 is 1.19 bits per heavy atom. The second kappa shape index (κ2) is 14.9. The van der Waals surface area contributed by atoms with Crippen molar-refractivity contribution in [1.29, 1.82) is 5.26 Å². The van der Waals surface area contributed by atoms with Crippen molar-refractivity contribution in [3.63, 3.8) is 0 Å². The van der Waals surface area contributed by atoms with Gasteiger partial charge in [0.1, 0.15) is 11.5 Å². The van der Waals surface area contributed by atoms with Gasteiger partial charge in [0.25, 0.3) is 5.70 Å². The second-order valence-corrected chi connectivity index (χ2v) is 5.71. The summed E-state index contributed by atoms with van der Waals surface area (Å²) in [5, 5.41) is 9.21. The van der Waals surface area contributed by atoms with Crippen molar-refractivity contribution in [1.82, 2.24) is 0 Å². The van der Waals surface area contributed by atoms with E-state index in [2.05, 4.69) is 4.85 Å². The van der Waals surface area contributed by atoms with Crippen molar-refractivity contribution in [2.75, 3.05) is 0 Å². The second-order valence-electron chi connectivity index (χ2n) is 5.71. The standard InChI is InChI=1S/C24H16N2O.2C2H6/c1-26-24(18-25)21-16-22(14-12-19-8-4-2-5-9-19)27-23(17-21)15-13-20-10-6-3-7-11-20;2*1-2/h2-17H;2*1-2H3/b14-12+,15-13+;;. The third-order valence-electron chi connectivity index (χ3n) is 3.80. The molecular weight excluding hydrogens is 380 g/mol. The highest BCUT2D eigenvalue weighted by Crippen LogP contribution is 2.25. The van der Waals surface area contributed by atoms with Crippen LogP contribution in [0.5, 0.6) is 0 Å². The summed E-state index contributed by atoms with van der Waals surface area (Å²) < 4.78 is 5.90. The van der Waals surface area contributed by atoms with Gasteiger partial charge in [0.05, 0.1) is 12.6 Å². The number of hydrogen-bond donors (Lipinski definition) is 0. The van der Waals surface area contributed by atoms with Crippen LogP contribution in [0.4, 0.5) is 0 Å². The summed E-state index contributed by atoms with van der Waals surface area (Å²) in [5.74, 6) is 1.14. The highest BCUT2D eigenvalue weighted by Gasteiger charge is 2.11. The lowest BCUT2D eigenvalue weighted by atomic mass is 10.1. The Hall–Kier alpha value is -4.08. The van der Waals surface area contributed by atoms with Crippen LogP contribution in [-0.4, -0.2) is 0 Å². The molecule has 1 heterocycles. The molecule has 0 unspecified atom stereocenters. The monoisotopic (exact) mass is 408 g/mol. The molecule has 3 nitrogen and oxygen atoms in total. The number of rotatable bonds is 4. The Balaban J connectivity index is 0.00000113. The minimum Gasteiger partial charge on any atom is -0.457 e. The van der Waals surface area contributed by atoms with E-state index in [-0.39, 0.29) is 5.70 Å². The van der Waals surface area contributed by atoms with Crippen LogP contribution in [0.1, 0.15) is 38.8 Å². The first kappa shape index (κ1) is 25.0. The summed E-state index contributed by atoms with van der Waals surface area (Å²) in [7, 11) is 0. The molecule has 0 aromatic heterocycles. The zero-order valence-electron chi connectivity index (χ0n) is 18.5. The Labute approximate surface area is 186 Å². The van der Waals surface area contributed by atoms with Crippen LogP contribution in [-0.2, 0) is 4.74 Å². The highest BCUT2D eigenvalue weighted by atomic mass is 16.5. The van der Waals surface area contributed by atoms with Crippen LogP contribution in [0.15, 0.2) is 108 Å². The van der Waals surface area contributed by atoms with Crippen molar-refractivity contribution in [2.45, 2.75) is 27.7 Å². The molecule has 1 aliphatic heterocycles. The van der Waals surface area contributed by atoms with Gasteiger partial charge in [-0.1, -0.05) is 101 Å². The normalized spacial score (nSPS) is 12.1. The molecule has 3 heteroatoms. The van der Waals surface area contributed by atoms with E-state index in [1.165, 1.54) is 0 Å². The van der Waals surface area contributed by atoms with Gasteiger partial charge in [0.15, 0.2) is 0 Å². The lowest BCUT2D eigenvalue weighted by Gasteiger charge is -2.14. The fraction of sp³-hybridized carbons (Fsp3) is 0.143. The van der Waals surface area contributed by atoms with Crippen LogP contribution in [0, 0.1) is 17.9 Å². The number of nitriles is 1. The van der Waals surface area contributed by atoms with Gasteiger partial charge in [0.2, 0.25) is 0 Å². The quantitative estimate of drug-likeness (QED) is 0.380. The van der Waals surface area contributed by atoms with Gasteiger partial charge in [0, 0.05) is 0 Å². The Kier molecular flexibility index (Phi) is 12.0. The SMILES string of the molecule is CC.CC.[C-]#[N+]C(C#N)=C1C=C(/C=C/c2ccccc2)OC(/C=C/c2ccccc2)=C1. The van der Waals surface area contributed by atoms with E-state index in [0.717, 1.165) is 11.1 Å². The van der Waals surface area contributed by atoms with E-state index in [1.54, 1.807) is 12.2 Å². The van der Waals surface area contributed by atoms with Crippen molar-refractivity contribution >= 4 is 12.2 Å². The molecule has 3 rings (SSSR count). The van der Waals surface area contributed by atoms with Gasteiger partial charge in [-0.2, -0.15) is 0 Å². The first-order valence-corrected chi connectivity index (χ1v) is 10.4. The van der Waals surface area contributed by atoms with Gasteiger partial charge in [-0.3, -0.25) is 0 Å². The molecule has 0 amide bonds. The summed E-state index contributed by atoms with van der Waals surface area (Å²) in [5.41, 5.74) is 2.65. The number of hydrogen-bond acceptors (Lipinski definition) is 2. The molecule has 31 heavy (non-hydrogen) atoms. The fourth-order valence-corrected chi connectivity index (χ4v) is 2.48. The Morgan fingerprint density at radius 3 is 1.55 bits per heavy atom. The number of ether oxygens (including phenoxy) is 1. The third-order valence-corrected chi connectivity index (χ3v) is 3.80. The molecule has 0 aliphatic carbocycles. The average Bonchev–Trinajstić information content (AvgIpc) is 2.86. The van der Waals surface area contributed by atoms with E-state index < -0.39 is 0 Å². The molecule has 156 valence electrons. The molecule has 0 bridgehead atoms. The first-order chi connectivity index (χ1) is 15.3. The molecule has 0 saturated heterocycles. The Bertz CT molecular complexity index is 958. The van der Waals surface area contributed by atoms with E-state index in [9.17, 15) is 5.26 Å². The highest BCUT2D eigenvalue weighted by molar-refractivity contribution is 5.58. The summed E-state index contributed by atoms with van der Waals surface area (Å²) in [6, 6.07) is 21.7. The molecule has 0 spiro atoms. The van der Waals surface area contributed by atoms with Crippen molar-refractivity contribution < 1.29 is 4.74 Å². The van der Waals surface area contributed by atoms with E-state index in [0.29, 0.717) is 17.1 Å². The van der Waals surface area contributed by atoms with Gasteiger partial charge < -0.3 is 4.74 Å². The maximum Gasteiger partial charge on any atom is 0.269 e. The molecular formula is C28H28N2O. The maximum atomic E-state index is 9.21. The van der Waals surface area contributed by atoms with Gasteiger partial charge in [-0.05, 0) is 41.0 Å². The summed E-state index contributed by atoms with van der Waals surface area (Å²) in [6.45, 7) is 15.2. The molecule has 0 atom stereocenters. The molecule has 2 aromatic rings. The van der Waals surface area contributed by atoms with Gasteiger partial charge >= 0.3 is 0 Å².